The van der Waals surface area contributed by atoms with Gasteiger partial charge in [-0.3, -0.25) is 0 Å². The SMILES string of the molecule is [B]=C(CCCC(=C)C)N(C)CC=C. The van der Waals surface area contributed by atoms with Crippen LogP contribution in [0.1, 0.15) is 26.2 Å². The predicted octanol–water partition coefficient (Wildman–Crippen LogP) is 2.15. The molecule has 0 spiro atoms. The van der Waals surface area contributed by atoms with Crippen LogP contribution in [-0.2, 0) is 0 Å². The number of hydrogen-bond acceptors (Lipinski definition) is 1. The van der Waals surface area contributed by atoms with Crippen molar-refractivity contribution in [2.45, 2.75) is 26.2 Å². The van der Waals surface area contributed by atoms with Gasteiger partial charge in [0, 0.05) is 0 Å². The first-order valence-corrected chi connectivity index (χ1v) is 4.65. The van der Waals surface area contributed by atoms with E-state index in [0.29, 0.717) is 0 Å². The summed E-state index contributed by atoms with van der Waals surface area (Å²) < 4.78 is 0. The molecule has 13 heavy (non-hydrogen) atoms. The molecule has 0 atom stereocenters. The van der Waals surface area contributed by atoms with E-state index in [-0.39, 0.29) is 0 Å². The molecular formula is C11H19BN. The molecule has 0 N–H and O–H groups in total. The molecule has 0 aliphatic rings. The molecule has 2 heteroatoms. The maximum atomic E-state index is 5.85. The van der Waals surface area contributed by atoms with Crippen molar-refractivity contribution in [1.82, 2.24) is 4.90 Å². The number of rotatable bonds is 7. The standard InChI is InChI=1S/C11H19BN/c1-5-9-13(4)11(12)8-6-7-10(2)3/h5H,1-2,6-9H2,3-4H3. The Morgan fingerprint density at radius 2 is 2.08 bits per heavy atom. The van der Waals surface area contributed by atoms with Crippen LogP contribution in [-0.4, -0.2) is 31.6 Å². The fourth-order valence-electron chi connectivity index (χ4n) is 1.07. The average molecular weight is 176 g/mol. The van der Waals surface area contributed by atoms with Gasteiger partial charge < -0.3 is 0 Å². The van der Waals surface area contributed by atoms with Crippen LogP contribution in [0, 0.1) is 0 Å². The van der Waals surface area contributed by atoms with E-state index in [0.717, 1.165) is 31.4 Å². The second kappa shape index (κ2) is 6.70. The third kappa shape index (κ3) is 6.38. The van der Waals surface area contributed by atoms with Crippen LogP contribution in [0.25, 0.3) is 0 Å². The van der Waals surface area contributed by atoms with Crippen molar-refractivity contribution >= 4 is 13.1 Å². The van der Waals surface area contributed by atoms with Gasteiger partial charge in [-0.25, -0.2) is 0 Å². The van der Waals surface area contributed by atoms with Crippen LogP contribution in [0.3, 0.4) is 0 Å². The van der Waals surface area contributed by atoms with Crippen LogP contribution in [0.15, 0.2) is 24.8 Å². The molecule has 1 radical (unpaired) electrons. The van der Waals surface area contributed by atoms with Crippen LogP contribution < -0.4 is 0 Å². The average Bonchev–Trinajstić information content (AvgIpc) is 2.04. The van der Waals surface area contributed by atoms with Crippen LogP contribution in [0.4, 0.5) is 0 Å². The first-order chi connectivity index (χ1) is 6.07. The Morgan fingerprint density at radius 1 is 1.46 bits per heavy atom. The van der Waals surface area contributed by atoms with Crippen LogP contribution >= 0.6 is 0 Å². The third-order valence-electron chi connectivity index (χ3n) is 1.93. The zero-order valence-corrected chi connectivity index (χ0v) is 8.84. The topological polar surface area (TPSA) is 3.24 Å². The van der Waals surface area contributed by atoms with E-state index < -0.39 is 0 Å². The molecule has 0 rings (SSSR count). The van der Waals surface area contributed by atoms with E-state index in [1.807, 2.05) is 24.9 Å². The van der Waals surface area contributed by atoms with Crippen molar-refractivity contribution < 1.29 is 0 Å². The van der Waals surface area contributed by atoms with Gasteiger partial charge in [0.05, 0.1) is 0 Å². The molecule has 0 amide bonds. The van der Waals surface area contributed by atoms with Crippen LogP contribution in [0.5, 0.6) is 0 Å². The summed E-state index contributed by atoms with van der Waals surface area (Å²) in [7, 11) is 7.84. The van der Waals surface area contributed by atoms with Crippen molar-refractivity contribution in [1.29, 1.82) is 0 Å². The Hall–Kier alpha value is -0.785. The molecule has 0 aliphatic heterocycles. The molecule has 0 saturated heterocycles. The van der Waals surface area contributed by atoms with E-state index in [1.54, 1.807) is 0 Å². The summed E-state index contributed by atoms with van der Waals surface area (Å²) in [5.41, 5.74) is 2.15. The maximum absolute atomic E-state index is 5.85. The summed E-state index contributed by atoms with van der Waals surface area (Å²) >= 11 is 0. The van der Waals surface area contributed by atoms with Gasteiger partial charge in [0.25, 0.3) is 0 Å². The van der Waals surface area contributed by atoms with E-state index in [4.69, 9.17) is 7.49 Å². The Bertz CT molecular complexity index is 196. The van der Waals surface area contributed by atoms with Crippen molar-refractivity contribution in [3.63, 3.8) is 0 Å². The summed E-state index contributed by atoms with van der Waals surface area (Å²) in [5.74, 6) is 0. The summed E-state index contributed by atoms with van der Waals surface area (Å²) in [6, 6.07) is 0. The molecular weight excluding hydrogens is 157 g/mol. The van der Waals surface area contributed by atoms with Gasteiger partial charge in [-0.15, -0.1) is 0 Å². The molecule has 0 aromatic heterocycles. The molecule has 0 fully saturated rings. The zero-order chi connectivity index (χ0) is 10.3. The van der Waals surface area contributed by atoms with Gasteiger partial charge in [0.1, 0.15) is 0 Å². The van der Waals surface area contributed by atoms with E-state index in [1.165, 1.54) is 5.57 Å². The summed E-state index contributed by atoms with van der Waals surface area (Å²) in [4.78, 5) is 2.02. The molecule has 0 heterocycles. The third-order valence-corrected chi connectivity index (χ3v) is 1.93. The minimum atomic E-state index is 0.818. The van der Waals surface area contributed by atoms with Gasteiger partial charge in [-0.1, -0.05) is 0 Å². The molecule has 0 unspecified atom stereocenters. The van der Waals surface area contributed by atoms with Crippen molar-refractivity contribution in [2.24, 2.45) is 0 Å². The molecule has 0 aliphatic carbocycles. The Kier molecular flexibility index (Phi) is 6.30. The molecule has 1 nitrogen and oxygen atoms in total. The second-order valence-electron chi connectivity index (χ2n) is 3.47. The minimum absolute atomic E-state index is 0.818. The van der Waals surface area contributed by atoms with E-state index in [9.17, 15) is 0 Å². The van der Waals surface area contributed by atoms with Gasteiger partial charge in [-0.05, 0) is 0 Å². The summed E-state index contributed by atoms with van der Waals surface area (Å²) in [6.45, 7) is 10.4. The number of hydrogen-bond donors (Lipinski definition) is 0. The Labute approximate surface area is 83.2 Å². The normalized spacial score (nSPS) is 9.31. The number of nitrogens with zero attached hydrogens (tertiary/aromatic N) is 1. The van der Waals surface area contributed by atoms with Gasteiger partial charge in [0.15, 0.2) is 0 Å². The van der Waals surface area contributed by atoms with E-state index in [2.05, 4.69) is 13.2 Å². The monoisotopic (exact) mass is 176 g/mol. The van der Waals surface area contributed by atoms with Gasteiger partial charge in [-0.2, -0.15) is 0 Å². The number of allylic oxidation sites excluding steroid dienone is 1. The summed E-state index contributed by atoms with van der Waals surface area (Å²) in [5, 5.41) is 0. The van der Waals surface area contributed by atoms with E-state index >= 15 is 0 Å². The Balaban J connectivity index is 3.61. The molecule has 71 valence electrons. The fraction of sp³-hybridized carbons (Fsp3) is 0.545. The molecule has 0 saturated carbocycles. The first-order valence-electron chi connectivity index (χ1n) is 4.65. The van der Waals surface area contributed by atoms with Crippen molar-refractivity contribution in [3.8, 4) is 0 Å². The zero-order valence-electron chi connectivity index (χ0n) is 8.84. The first kappa shape index (κ1) is 12.2. The van der Waals surface area contributed by atoms with Crippen molar-refractivity contribution in [2.75, 3.05) is 13.6 Å². The molecule has 0 bridgehead atoms. The fourth-order valence-corrected chi connectivity index (χ4v) is 1.07. The Morgan fingerprint density at radius 3 is 2.54 bits per heavy atom. The number of likely N-dealkylation sites (N-methyl/N-ethyl adjacent to an activating group) is 1. The quantitative estimate of drug-likeness (QED) is 0.424. The molecule has 0 aromatic carbocycles. The van der Waals surface area contributed by atoms with Crippen LogP contribution in [0.2, 0.25) is 0 Å². The predicted molar refractivity (Wildman–Crippen MR) is 62.3 cm³/mol. The van der Waals surface area contributed by atoms with Crippen molar-refractivity contribution in [3.05, 3.63) is 24.8 Å². The van der Waals surface area contributed by atoms with Gasteiger partial charge in [0.2, 0.25) is 0 Å². The van der Waals surface area contributed by atoms with Gasteiger partial charge >= 0.3 is 82.6 Å². The summed E-state index contributed by atoms with van der Waals surface area (Å²) in [6.07, 6.45) is 4.94. The second-order valence-corrected chi connectivity index (χ2v) is 3.47. The molecule has 0 aromatic rings.